The molecule has 0 amide bonds. The van der Waals surface area contributed by atoms with Crippen molar-refractivity contribution in [3.05, 3.63) is 0 Å². The van der Waals surface area contributed by atoms with Crippen molar-refractivity contribution in [3.8, 4) is 0 Å². The highest BCUT2D eigenvalue weighted by Crippen LogP contribution is 2.21. The molecule has 0 radical (unpaired) electrons. The van der Waals surface area contributed by atoms with Crippen LogP contribution in [0, 0.1) is 5.92 Å². The molecule has 0 saturated heterocycles. The Morgan fingerprint density at radius 2 is 1.64 bits per heavy atom. The van der Waals surface area contributed by atoms with Gasteiger partial charge in [0, 0.05) is 0 Å². The Labute approximate surface area is 81.9 Å². The molecule has 0 fully saturated rings. The zero-order valence-electron chi connectivity index (χ0n) is 8.49. The minimum Gasteiger partial charge on any atom is -0.311 e. The summed E-state index contributed by atoms with van der Waals surface area (Å²) in [5.41, 5.74) is 0. The Hall–Kier alpha value is -0.320. The summed E-state index contributed by atoms with van der Waals surface area (Å²) < 4.78 is 48.2. The monoisotopic (exact) mass is 215 g/mol. The third-order valence-electron chi connectivity index (χ3n) is 2.27. The van der Waals surface area contributed by atoms with Crippen LogP contribution in [0.1, 0.15) is 26.7 Å². The highest BCUT2D eigenvalue weighted by atomic mass is 19.3. The first-order valence-electron chi connectivity index (χ1n) is 4.80. The lowest BCUT2D eigenvalue weighted by Gasteiger charge is -2.18. The van der Waals surface area contributed by atoms with Gasteiger partial charge in [0.1, 0.15) is 0 Å². The number of hydrogen-bond acceptors (Lipinski definition) is 1. The van der Waals surface area contributed by atoms with Crippen molar-refractivity contribution in [2.45, 2.75) is 39.0 Å². The van der Waals surface area contributed by atoms with Gasteiger partial charge in [0.05, 0.1) is 6.54 Å². The predicted molar refractivity (Wildman–Crippen MR) is 47.9 cm³/mol. The Morgan fingerprint density at radius 3 is 2.00 bits per heavy atom. The lowest BCUT2D eigenvalue weighted by Crippen LogP contribution is -2.40. The van der Waals surface area contributed by atoms with Gasteiger partial charge in [-0.05, 0) is 12.5 Å². The molecule has 0 aromatic heterocycles. The van der Waals surface area contributed by atoms with Crippen molar-refractivity contribution >= 4 is 0 Å². The number of hydrogen-bond donors (Lipinski definition) is 1. The van der Waals surface area contributed by atoms with Crippen LogP contribution in [-0.4, -0.2) is 25.4 Å². The quantitative estimate of drug-likeness (QED) is 0.644. The first-order chi connectivity index (χ1) is 6.44. The number of rotatable bonds is 7. The van der Waals surface area contributed by atoms with Crippen LogP contribution < -0.4 is 5.32 Å². The van der Waals surface area contributed by atoms with Crippen LogP contribution in [0.3, 0.4) is 0 Å². The van der Waals surface area contributed by atoms with E-state index in [1.165, 1.54) is 0 Å². The lowest BCUT2D eigenvalue weighted by molar-refractivity contribution is -0.125. The molecule has 86 valence electrons. The first-order valence-corrected chi connectivity index (χ1v) is 4.80. The van der Waals surface area contributed by atoms with E-state index in [1.54, 1.807) is 0 Å². The molecule has 0 bridgehead atoms. The maximum Gasteiger partial charge on any atom is 0.319 e. The molecule has 0 atom stereocenters. The standard InChI is InChI=1S/C9H17F4N/c1-3-7(4-2)5-14-6-9(12,13)8(10)11/h7-8,14H,3-6H2,1-2H3. The van der Waals surface area contributed by atoms with E-state index < -0.39 is 18.9 Å². The molecule has 5 heteroatoms. The Kier molecular flexibility index (Phi) is 6.08. The summed E-state index contributed by atoms with van der Waals surface area (Å²) in [4.78, 5) is 0. The van der Waals surface area contributed by atoms with E-state index in [0.717, 1.165) is 12.8 Å². The Morgan fingerprint density at radius 1 is 1.14 bits per heavy atom. The average molecular weight is 215 g/mol. The topological polar surface area (TPSA) is 12.0 Å². The van der Waals surface area contributed by atoms with Gasteiger partial charge in [-0.15, -0.1) is 0 Å². The van der Waals surface area contributed by atoms with Gasteiger partial charge in [0.25, 0.3) is 0 Å². The molecule has 0 spiro atoms. The molecular weight excluding hydrogens is 198 g/mol. The summed E-state index contributed by atoms with van der Waals surface area (Å²) in [5, 5.41) is 2.38. The van der Waals surface area contributed by atoms with Crippen LogP contribution in [-0.2, 0) is 0 Å². The predicted octanol–water partition coefficient (Wildman–Crippen LogP) is 2.91. The maximum atomic E-state index is 12.4. The van der Waals surface area contributed by atoms with Gasteiger partial charge >= 0.3 is 12.3 Å². The van der Waals surface area contributed by atoms with Crippen LogP contribution in [0.15, 0.2) is 0 Å². The fourth-order valence-electron chi connectivity index (χ4n) is 1.10. The zero-order valence-corrected chi connectivity index (χ0v) is 8.49. The second-order valence-corrected chi connectivity index (χ2v) is 3.38. The molecule has 1 nitrogen and oxygen atoms in total. The zero-order chi connectivity index (χ0) is 11.2. The van der Waals surface area contributed by atoms with Gasteiger partial charge < -0.3 is 5.32 Å². The number of halogens is 4. The van der Waals surface area contributed by atoms with E-state index in [-0.39, 0.29) is 5.92 Å². The van der Waals surface area contributed by atoms with Gasteiger partial charge in [-0.25, -0.2) is 8.78 Å². The summed E-state index contributed by atoms with van der Waals surface area (Å²) in [5.74, 6) is -3.63. The Balaban J connectivity index is 3.72. The van der Waals surface area contributed by atoms with Crippen molar-refractivity contribution in [2.75, 3.05) is 13.1 Å². The number of alkyl halides is 4. The minimum absolute atomic E-state index is 0.281. The van der Waals surface area contributed by atoms with E-state index in [0.29, 0.717) is 6.54 Å². The molecule has 0 unspecified atom stereocenters. The highest BCUT2D eigenvalue weighted by molar-refractivity contribution is 4.73. The molecule has 0 aromatic carbocycles. The molecule has 0 aromatic rings. The lowest BCUT2D eigenvalue weighted by atomic mass is 10.0. The van der Waals surface area contributed by atoms with Crippen LogP contribution >= 0.6 is 0 Å². The normalized spacial score (nSPS) is 12.9. The third-order valence-corrected chi connectivity index (χ3v) is 2.27. The Bertz CT molecular complexity index is 146. The van der Waals surface area contributed by atoms with E-state index in [2.05, 4.69) is 5.32 Å². The maximum absolute atomic E-state index is 12.4. The molecule has 0 rings (SSSR count). The third kappa shape index (κ3) is 4.79. The molecule has 0 aliphatic heterocycles. The number of nitrogens with one attached hydrogen (secondary N) is 1. The van der Waals surface area contributed by atoms with Gasteiger partial charge in [0.2, 0.25) is 0 Å². The largest absolute Gasteiger partial charge is 0.319 e. The van der Waals surface area contributed by atoms with Crippen molar-refractivity contribution in [1.29, 1.82) is 0 Å². The second-order valence-electron chi connectivity index (χ2n) is 3.38. The van der Waals surface area contributed by atoms with E-state index in [9.17, 15) is 17.6 Å². The summed E-state index contributed by atoms with van der Waals surface area (Å²) in [6.07, 6.45) is -1.86. The molecular formula is C9H17F4N. The van der Waals surface area contributed by atoms with Crippen LogP contribution in [0.4, 0.5) is 17.6 Å². The van der Waals surface area contributed by atoms with Crippen LogP contribution in [0.5, 0.6) is 0 Å². The van der Waals surface area contributed by atoms with Crippen LogP contribution in [0.2, 0.25) is 0 Å². The smallest absolute Gasteiger partial charge is 0.311 e. The molecule has 0 heterocycles. The summed E-state index contributed by atoms with van der Waals surface area (Å²) >= 11 is 0. The molecule has 0 saturated carbocycles. The minimum atomic E-state index is -3.91. The SMILES string of the molecule is CCC(CC)CNCC(F)(F)C(F)F. The van der Waals surface area contributed by atoms with Crippen molar-refractivity contribution in [3.63, 3.8) is 0 Å². The van der Waals surface area contributed by atoms with Crippen molar-refractivity contribution in [1.82, 2.24) is 5.32 Å². The van der Waals surface area contributed by atoms with E-state index >= 15 is 0 Å². The summed E-state index contributed by atoms with van der Waals surface area (Å²) in [6.45, 7) is 3.32. The fraction of sp³-hybridized carbons (Fsp3) is 1.00. The molecule has 0 aliphatic rings. The van der Waals surface area contributed by atoms with Gasteiger partial charge in [-0.3, -0.25) is 0 Å². The van der Waals surface area contributed by atoms with E-state index in [4.69, 9.17) is 0 Å². The molecule has 0 aliphatic carbocycles. The van der Waals surface area contributed by atoms with Gasteiger partial charge in [0.15, 0.2) is 0 Å². The van der Waals surface area contributed by atoms with Gasteiger partial charge in [-0.1, -0.05) is 26.7 Å². The average Bonchev–Trinajstić information content (AvgIpc) is 2.12. The first kappa shape index (κ1) is 13.7. The van der Waals surface area contributed by atoms with Gasteiger partial charge in [-0.2, -0.15) is 8.78 Å². The van der Waals surface area contributed by atoms with E-state index in [1.807, 2.05) is 13.8 Å². The molecule has 1 N–H and O–H groups in total. The van der Waals surface area contributed by atoms with Crippen molar-refractivity contribution < 1.29 is 17.6 Å². The molecule has 14 heavy (non-hydrogen) atoms. The summed E-state index contributed by atoms with van der Waals surface area (Å²) in [6, 6.07) is 0. The summed E-state index contributed by atoms with van der Waals surface area (Å²) in [7, 11) is 0. The second kappa shape index (κ2) is 6.22. The highest BCUT2D eigenvalue weighted by Gasteiger charge is 2.39. The van der Waals surface area contributed by atoms with Crippen molar-refractivity contribution in [2.24, 2.45) is 5.92 Å². The fourth-order valence-corrected chi connectivity index (χ4v) is 1.10. The van der Waals surface area contributed by atoms with Crippen LogP contribution in [0.25, 0.3) is 0 Å².